The quantitative estimate of drug-likeness (QED) is 0.867. The van der Waals surface area contributed by atoms with Crippen molar-refractivity contribution in [3.63, 3.8) is 0 Å². The molecule has 1 saturated heterocycles. The Morgan fingerprint density at radius 3 is 2.68 bits per heavy atom. The van der Waals surface area contributed by atoms with E-state index < -0.39 is 17.4 Å². The van der Waals surface area contributed by atoms with Crippen molar-refractivity contribution in [2.24, 2.45) is 0 Å². The van der Waals surface area contributed by atoms with Gasteiger partial charge in [-0.2, -0.15) is 5.10 Å². The summed E-state index contributed by atoms with van der Waals surface area (Å²) in [6.45, 7) is 4.48. The van der Waals surface area contributed by atoms with E-state index in [-0.39, 0.29) is 18.4 Å². The first-order valence-electron chi connectivity index (χ1n) is 9.70. The molecule has 2 fully saturated rings. The van der Waals surface area contributed by atoms with Crippen LogP contribution in [0.15, 0.2) is 36.7 Å². The molecule has 2 aromatic rings. The number of hydrogen-bond acceptors (Lipinski definition) is 3. The van der Waals surface area contributed by atoms with Crippen LogP contribution in [0.3, 0.4) is 0 Å². The summed E-state index contributed by atoms with van der Waals surface area (Å²) in [6.07, 6.45) is 4.96. The first-order chi connectivity index (χ1) is 13.2. The Hall–Kier alpha value is -2.28. The fourth-order valence-electron chi connectivity index (χ4n) is 3.93. The molecule has 0 spiro atoms. The molecule has 1 amide bonds. The number of amides is 1. The van der Waals surface area contributed by atoms with E-state index in [9.17, 15) is 18.7 Å². The van der Waals surface area contributed by atoms with Crippen molar-refractivity contribution in [1.82, 2.24) is 14.7 Å². The Bertz CT molecular complexity index is 888. The van der Waals surface area contributed by atoms with E-state index in [1.54, 1.807) is 53.9 Å². The number of nitrogens with zero attached hydrogens (tertiary/aromatic N) is 3. The molecule has 5 nitrogen and oxygen atoms in total. The second kappa shape index (κ2) is 6.65. The first kappa shape index (κ1) is 19.1. The normalized spacial score (nSPS) is 24.2. The highest BCUT2D eigenvalue weighted by molar-refractivity contribution is 5.96. The van der Waals surface area contributed by atoms with Gasteiger partial charge < -0.3 is 10.0 Å². The third kappa shape index (κ3) is 3.55. The number of alkyl halides is 2. The first-order valence-corrected chi connectivity index (χ1v) is 9.70. The molecule has 1 saturated carbocycles. The van der Waals surface area contributed by atoms with E-state index in [4.69, 9.17) is 0 Å². The van der Waals surface area contributed by atoms with Crippen molar-refractivity contribution in [1.29, 1.82) is 0 Å². The number of benzene rings is 1. The molecule has 1 aliphatic heterocycles. The molecule has 0 bridgehead atoms. The fourth-order valence-corrected chi connectivity index (χ4v) is 3.93. The van der Waals surface area contributed by atoms with Gasteiger partial charge in [0.15, 0.2) is 0 Å². The molecule has 2 atom stereocenters. The molecular weight excluding hydrogens is 364 g/mol. The zero-order valence-electron chi connectivity index (χ0n) is 16.1. The summed E-state index contributed by atoms with van der Waals surface area (Å²) in [5.41, 5.74) is 0.569. The number of piperidine rings is 1. The van der Waals surface area contributed by atoms with Crippen molar-refractivity contribution in [2.45, 2.75) is 56.6 Å². The number of carbonyl (C=O) groups is 1. The molecular formula is C21H25F2N3O2. The van der Waals surface area contributed by atoms with Gasteiger partial charge in [-0.15, -0.1) is 0 Å². The molecule has 7 heteroatoms. The molecule has 4 rings (SSSR count). The van der Waals surface area contributed by atoms with Crippen LogP contribution in [-0.4, -0.2) is 44.7 Å². The highest BCUT2D eigenvalue weighted by atomic mass is 19.3. The topological polar surface area (TPSA) is 58.4 Å². The number of aromatic nitrogens is 2. The summed E-state index contributed by atoms with van der Waals surface area (Å²) >= 11 is 0. The van der Waals surface area contributed by atoms with Crippen molar-refractivity contribution < 1.29 is 18.7 Å². The number of rotatable bonds is 4. The van der Waals surface area contributed by atoms with Gasteiger partial charge in [0.25, 0.3) is 11.8 Å². The van der Waals surface area contributed by atoms with Gasteiger partial charge in [0, 0.05) is 36.8 Å². The third-order valence-corrected chi connectivity index (χ3v) is 5.76. The summed E-state index contributed by atoms with van der Waals surface area (Å²) < 4.78 is 29.0. The predicted octanol–water partition coefficient (Wildman–Crippen LogP) is 3.71. The Kier molecular flexibility index (Phi) is 4.53. The highest BCUT2D eigenvalue weighted by Gasteiger charge is 2.58. The van der Waals surface area contributed by atoms with Crippen molar-refractivity contribution in [3.05, 3.63) is 53.3 Å². The number of carbonyl (C=O) groups excluding carboxylic acids is 1. The maximum Gasteiger partial charge on any atom is 0.255 e. The van der Waals surface area contributed by atoms with E-state index in [1.807, 2.05) is 6.20 Å². The van der Waals surface area contributed by atoms with E-state index in [2.05, 4.69) is 5.10 Å². The van der Waals surface area contributed by atoms with Crippen LogP contribution < -0.4 is 0 Å². The minimum atomic E-state index is -2.70. The van der Waals surface area contributed by atoms with Gasteiger partial charge in [-0.1, -0.05) is 18.2 Å². The second-order valence-electron chi connectivity index (χ2n) is 8.42. The van der Waals surface area contributed by atoms with Crippen LogP contribution in [0, 0.1) is 0 Å². The molecule has 2 heterocycles. The minimum absolute atomic E-state index is 0.00308. The zero-order chi connectivity index (χ0) is 20.1. The summed E-state index contributed by atoms with van der Waals surface area (Å²) in [5.74, 6) is -3.75. The summed E-state index contributed by atoms with van der Waals surface area (Å²) in [5, 5.41) is 14.5. The summed E-state index contributed by atoms with van der Waals surface area (Å²) in [7, 11) is 0. The molecule has 1 aromatic heterocycles. The lowest BCUT2D eigenvalue weighted by atomic mass is 9.99. The average Bonchev–Trinajstić information content (AvgIpc) is 3.07. The summed E-state index contributed by atoms with van der Waals surface area (Å²) in [6, 6.07) is 6.73. The van der Waals surface area contributed by atoms with Gasteiger partial charge in [0.1, 0.15) is 0 Å². The molecule has 1 aromatic carbocycles. The highest BCUT2D eigenvalue weighted by Crippen LogP contribution is 2.56. The standard InChI is InChI=1S/C21H25F2N3O2/c1-20(2,28)14-11-24-26(12-14)15-6-5-9-25(13-15)19(27)17-8-4-3-7-16(17)18-10-21(18,22)23/h3-4,7-8,11-12,15,18,28H,5-6,9-10,13H2,1-2H3/t15?,18-/m1/s1. The van der Waals surface area contributed by atoms with Crippen molar-refractivity contribution >= 4 is 5.91 Å². The van der Waals surface area contributed by atoms with Gasteiger partial charge in [-0.05, 0) is 38.3 Å². The van der Waals surface area contributed by atoms with Crippen LogP contribution in [0.2, 0.25) is 0 Å². The van der Waals surface area contributed by atoms with Crippen molar-refractivity contribution in [2.75, 3.05) is 13.1 Å². The van der Waals surface area contributed by atoms with Gasteiger partial charge in [-0.3, -0.25) is 9.48 Å². The van der Waals surface area contributed by atoms with E-state index in [0.29, 0.717) is 24.2 Å². The summed E-state index contributed by atoms with van der Waals surface area (Å²) in [4.78, 5) is 14.9. The maximum atomic E-state index is 13.6. The van der Waals surface area contributed by atoms with E-state index >= 15 is 0 Å². The number of likely N-dealkylation sites (tertiary alicyclic amines) is 1. The van der Waals surface area contributed by atoms with Gasteiger partial charge >= 0.3 is 0 Å². The maximum absolute atomic E-state index is 13.6. The smallest absolute Gasteiger partial charge is 0.255 e. The average molecular weight is 389 g/mol. The van der Waals surface area contributed by atoms with Gasteiger partial charge in [0.2, 0.25) is 0 Å². The SMILES string of the molecule is CC(C)(O)c1cnn(C2CCCN(C(=O)c3ccccc3[C@H]3CC3(F)F)C2)c1. The Morgan fingerprint density at radius 1 is 1.32 bits per heavy atom. The van der Waals surface area contributed by atoms with Crippen LogP contribution in [0.1, 0.15) is 66.6 Å². The molecule has 150 valence electrons. The predicted molar refractivity (Wildman–Crippen MR) is 100 cm³/mol. The molecule has 2 aliphatic rings. The fraction of sp³-hybridized carbons (Fsp3) is 0.524. The molecule has 1 N–H and O–H groups in total. The second-order valence-corrected chi connectivity index (χ2v) is 8.42. The Balaban J connectivity index is 1.53. The lowest BCUT2D eigenvalue weighted by Gasteiger charge is -2.33. The number of aliphatic hydroxyl groups is 1. The van der Waals surface area contributed by atoms with Crippen molar-refractivity contribution in [3.8, 4) is 0 Å². The molecule has 28 heavy (non-hydrogen) atoms. The van der Waals surface area contributed by atoms with Crippen LogP contribution >= 0.6 is 0 Å². The third-order valence-electron chi connectivity index (χ3n) is 5.76. The zero-order valence-corrected chi connectivity index (χ0v) is 16.1. The minimum Gasteiger partial charge on any atom is -0.386 e. The van der Waals surface area contributed by atoms with Gasteiger partial charge in [0.05, 0.1) is 23.8 Å². The largest absolute Gasteiger partial charge is 0.386 e. The van der Waals surface area contributed by atoms with Crippen LogP contribution in [0.4, 0.5) is 8.78 Å². The lowest BCUT2D eigenvalue weighted by molar-refractivity contribution is 0.0666. The van der Waals surface area contributed by atoms with Crippen LogP contribution in [0.5, 0.6) is 0 Å². The Labute approximate surface area is 163 Å². The monoisotopic (exact) mass is 389 g/mol. The number of halogens is 2. The van der Waals surface area contributed by atoms with Crippen LogP contribution in [-0.2, 0) is 5.60 Å². The van der Waals surface area contributed by atoms with Crippen LogP contribution in [0.25, 0.3) is 0 Å². The van der Waals surface area contributed by atoms with Gasteiger partial charge in [-0.25, -0.2) is 8.78 Å². The Morgan fingerprint density at radius 2 is 2.04 bits per heavy atom. The number of hydrogen-bond donors (Lipinski definition) is 1. The molecule has 1 unspecified atom stereocenters. The molecule has 1 aliphatic carbocycles. The lowest BCUT2D eigenvalue weighted by Crippen LogP contribution is -2.41. The van der Waals surface area contributed by atoms with E-state index in [1.165, 1.54) is 0 Å². The van der Waals surface area contributed by atoms with E-state index in [0.717, 1.165) is 18.4 Å². The molecule has 0 radical (unpaired) electrons.